The minimum Gasteiger partial charge on any atom is -0.342 e. The summed E-state index contributed by atoms with van der Waals surface area (Å²) >= 11 is 24.0. The molecular weight excluding hydrogens is 1190 g/mol. The van der Waals surface area contributed by atoms with Crippen molar-refractivity contribution in [1.29, 1.82) is 0 Å². The number of halogens is 5. The number of ether oxygens (including phenoxy) is 1. The molecule has 1 aliphatic carbocycles. The van der Waals surface area contributed by atoms with E-state index in [4.69, 9.17) is 56.1 Å². The number of piperidine rings is 1. The molecule has 4 unspecified atom stereocenters. The minimum absolute atomic E-state index is 0.0462. The van der Waals surface area contributed by atoms with Crippen LogP contribution in [-0.2, 0) is 32.6 Å². The van der Waals surface area contributed by atoms with Crippen LogP contribution in [-0.4, -0.2) is 117 Å². The average molecular weight is 1250 g/mol. The smallest absolute Gasteiger partial charge is 0.342 e. The molecule has 3 aliphatic rings. The molecule has 3 fully saturated rings. The van der Waals surface area contributed by atoms with Crippen molar-refractivity contribution >= 4 is 98.3 Å². The third-order valence-electron chi connectivity index (χ3n) is 15.0. The number of anilines is 1. The molecule has 10 rings (SSSR count). The monoisotopic (exact) mass is 1250 g/mol. The van der Waals surface area contributed by atoms with Gasteiger partial charge in [0.25, 0.3) is 0 Å². The number of hydrogen-bond donors (Lipinski definition) is 5. The summed E-state index contributed by atoms with van der Waals surface area (Å²) in [7, 11) is 0. The van der Waals surface area contributed by atoms with Crippen LogP contribution in [0, 0.1) is 5.92 Å². The Labute approximate surface area is 484 Å². The van der Waals surface area contributed by atoms with Crippen LogP contribution in [0.2, 0.25) is 20.1 Å². The second kappa shape index (κ2) is 24.0. The Kier molecular flexibility index (Phi) is 17.3. The molecule has 20 heteroatoms. The number of nitrogens with zero attached hydrogens (tertiary/aromatic N) is 7. The number of H-pyrrole nitrogens is 1. The first-order valence-electron chi connectivity index (χ1n) is 26.1. The van der Waals surface area contributed by atoms with Gasteiger partial charge in [-0.25, -0.2) is 4.98 Å². The van der Waals surface area contributed by atoms with Crippen molar-refractivity contribution in [3.63, 3.8) is 0 Å². The number of rotatable bonds is 17. The zero-order chi connectivity index (χ0) is 55.0. The third-order valence-corrected chi connectivity index (χ3v) is 18.3. The zero-order valence-corrected chi connectivity index (χ0v) is 49.0. The molecule has 5 N–H and O–H groups in total. The van der Waals surface area contributed by atoms with E-state index in [0.29, 0.717) is 84.3 Å². The first-order chi connectivity index (χ1) is 37.4. The van der Waals surface area contributed by atoms with Crippen molar-refractivity contribution in [1.82, 2.24) is 42.8 Å². The van der Waals surface area contributed by atoms with Crippen LogP contribution in [0.15, 0.2) is 109 Å². The number of likely N-dealkylation sites (tertiary alicyclic amines) is 1. The fourth-order valence-electron chi connectivity index (χ4n) is 10.6. The van der Waals surface area contributed by atoms with Crippen molar-refractivity contribution < 1.29 is 46.3 Å². The minimum atomic E-state index is -1.24. The van der Waals surface area contributed by atoms with E-state index in [1.54, 1.807) is 64.3 Å². The Morgan fingerprint density at radius 2 is 1.56 bits per heavy atom. The van der Waals surface area contributed by atoms with Gasteiger partial charge < -0.3 is 4.98 Å². The van der Waals surface area contributed by atoms with Gasteiger partial charge in [-0.15, -0.1) is 0 Å². The Balaban J connectivity index is 0.803. The maximum atomic E-state index is 14.9. The number of aliphatic hydroxyl groups excluding tert-OH is 2. The van der Waals surface area contributed by atoms with E-state index in [1.807, 2.05) is 30.3 Å². The number of ketones is 1. The Bertz CT molecular complexity index is 3320. The number of hydrogen-bond acceptors (Lipinski definition) is 12. The summed E-state index contributed by atoms with van der Waals surface area (Å²) in [6.07, 6.45) is 6.79. The number of imidazole rings is 2. The van der Waals surface area contributed by atoms with Gasteiger partial charge in [0.1, 0.15) is 5.82 Å². The van der Waals surface area contributed by atoms with Gasteiger partial charge in [0, 0.05) is 6.42 Å². The van der Waals surface area contributed by atoms with Gasteiger partial charge in [-0.05, 0) is 35.4 Å². The number of benzene rings is 4. The predicted octanol–water partition coefficient (Wildman–Crippen LogP) is 7.47. The number of nitrogens with one attached hydrogen (secondary N) is 3. The molecule has 2 saturated heterocycles. The molecule has 0 spiro atoms. The number of fused-ring (bicyclic) bond motifs is 2. The molecule has 4 aromatic carbocycles. The SMILES string of the molecule is CC(C)N(C[C@H]1OC(n2cnc3c(N[I-]NC(Cc4ccccc4)C(=O)N4C/C(=C\c5ccc(Cl)c(Cl)c5)C(=O)/C(=C/c5ccc(Cl)c(Cl)c5)C4)ncnc32)C(O)C1O)C1CC(CCc2nc3ccc(C(C)(C)C)cc3[nH]2)C1. The predicted molar refractivity (Wildman–Crippen MR) is 304 cm³/mol. The summed E-state index contributed by atoms with van der Waals surface area (Å²) in [5.74, 6) is 1.58. The molecule has 7 aromatic rings. The third kappa shape index (κ3) is 12.6. The van der Waals surface area contributed by atoms with Gasteiger partial charge in [-0.1, -0.05) is 26.8 Å². The van der Waals surface area contributed by atoms with E-state index < -0.39 is 52.3 Å². The van der Waals surface area contributed by atoms with Gasteiger partial charge >= 0.3 is 393 Å². The Hall–Kier alpha value is -4.99. The van der Waals surface area contributed by atoms with E-state index in [-0.39, 0.29) is 36.2 Å². The van der Waals surface area contributed by atoms with Gasteiger partial charge in [0.05, 0.1) is 11.0 Å². The van der Waals surface area contributed by atoms with Gasteiger partial charge in [0.15, 0.2) is 0 Å². The van der Waals surface area contributed by atoms with Crippen LogP contribution < -0.4 is 28.8 Å². The first-order valence-corrected chi connectivity index (χ1v) is 29.8. The molecule has 78 heavy (non-hydrogen) atoms. The molecule has 2 aliphatic heterocycles. The molecular formula is C58H62Cl4IN10O5-. The number of aryl methyl sites for hydroxylation is 1. The van der Waals surface area contributed by atoms with Crippen LogP contribution in [0.25, 0.3) is 34.3 Å². The van der Waals surface area contributed by atoms with Crippen LogP contribution in [0.4, 0.5) is 5.82 Å². The molecule has 410 valence electrons. The summed E-state index contributed by atoms with van der Waals surface area (Å²) in [6.45, 7) is 11.5. The van der Waals surface area contributed by atoms with E-state index in [9.17, 15) is 19.8 Å². The molecule has 5 heterocycles. The quantitative estimate of drug-likeness (QED) is 0.0345. The van der Waals surface area contributed by atoms with Crippen LogP contribution in [0.1, 0.15) is 88.2 Å². The number of carbonyl (C=O) groups excluding carboxylic acids is 2. The van der Waals surface area contributed by atoms with Crippen molar-refractivity contribution in [3.05, 3.63) is 157 Å². The van der Waals surface area contributed by atoms with E-state index in [1.165, 1.54) is 11.9 Å². The zero-order valence-electron chi connectivity index (χ0n) is 43.8. The summed E-state index contributed by atoms with van der Waals surface area (Å²) in [6, 6.07) is 26.2. The summed E-state index contributed by atoms with van der Waals surface area (Å²) in [5.41, 5.74) is 7.32. The van der Waals surface area contributed by atoms with Crippen LogP contribution in [0.3, 0.4) is 0 Å². The van der Waals surface area contributed by atoms with Gasteiger partial charge in [-0.2, -0.15) is 0 Å². The van der Waals surface area contributed by atoms with E-state index >= 15 is 0 Å². The fraction of sp³-hybridized carbons (Fsp3) is 0.379. The second-order valence-electron chi connectivity index (χ2n) is 21.8. The van der Waals surface area contributed by atoms with E-state index in [0.717, 1.165) is 48.1 Å². The first kappa shape index (κ1) is 56.3. The van der Waals surface area contributed by atoms with Crippen LogP contribution >= 0.6 is 46.4 Å². The number of carbonyl (C=O) groups is 2. The summed E-state index contributed by atoms with van der Waals surface area (Å²) in [4.78, 5) is 55.4. The second-order valence-corrected chi connectivity index (χ2v) is 25.2. The van der Waals surface area contributed by atoms with Gasteiger partial charge in [-0.3, -0.25) is 0 Å². The van der Waals surface area contributed by atoms with Crippen molar-refractivity contribution in [3.8, 4) is 0 Å². The van der Waals surface area contributed by atoms with Crippen LogP contribution in [0.5, 0.6) is 0 Å². The summed E-state index contributed by atoms with van der Waals surface area (Å²) in [5, 5.41) is 24.5. The number of amides is 1. The number of aromatic nitrogens is 6. The maximum absolute atomic E-state index is 14.9. The standard InChI is InChI=1S/C58H62Cl4IN10O5/c1-32(2)72(40-21-36(22-40)13-18-49-67-45-17-14-39(58(3,4)5)26-46(45)68-49)29-48-52(75)53(76)57(78-48)73-31-66-50-54(64-30-65-55(50)73)70-63-69-47(25-33-9-7-6-8-10-33)56(77)71-27-37(19-34-11-15-41(59)43(61)23-34)51(74)38(28-71)20-35-12-16-42(60)44(62)24-35/h6-12,14-17,19-20,23-24,26,30-32,36,40,47-48,52-53,57,69,75-76H,13,18,21-22,25,27-29H2,1-5H3,(H,67,68)(H,64,65,70)/q-1/b37-19+,38-20+/t36?,40?,47?,48-,52?,53?,57?/m1/s1. The molecule has 5 atom stereocenters. The number of aliphatic hydroxyl groups is 2. The molecule has 0 bridgehead atoms. The molecule has 1 amide bonds. The fourth-order valence-corrected chi connectivity index (χ4v) is 12.9. The van der Waals surface area contributed by atoms with Crippen molar-refractivity contribution in [2.24, 2.45) is 5.92 Å². The molecule has 3 aromatic heterocycles. The molecule has 1 saturated carbocycles. The molecule has 0 radical (unpaired) electrons. The average Bonchev–Trinajstić information content (AvgIpc) is 4.14. The van der Waals surface area contributed by atoms with E-state index in [2.05, 4.69) is 84.7 Å². The normalized spacial score (nSPS) is 22.4. The molecule has 15 nitrogen and oxygen atoms in total. The van der Waals surface area contributed by atoms with Crippen molar-refractivity contribution in [2.75, 3.05) is 23.2 Å². The topological polar surface area (TPSA) is 187 Å². The van der Waals surface area contributed by atoms with Gasteiger partial charge in [0.2, 0.25) is 0 Å². The Morgan fingerprint density at radius 1 is 0.885 bits per heavy atom. The van der Waals surface area contributed by atoms with Crippen molar-refractivity contribution in [2.45, 2.75) is 115 Å². The number of Topliss-reactive ketones (excluding diaryl/α,β-unsaturated/α-hetero) is 1. The Morgan fingerprint density at radius 3 is 2.21 bits per heavy atom. The summed E-state index contributed by atoms with van der Waals surface area (Å²) < 4.78 is 15.1. The number of aromatic amines is 1.